The third-order valence-electron chi connectivity index (χ3n) is 3.69. The Balaban J connectivity index is 2.20. The molecule has 0 heterocycles. The van der Waals surface area contributed by atoms with E-state index >= 15 is 0 Å². The predicted octanol–water partition coefficient (Wildman–Crippen LogP) is 3.84. The monoisotopic (exact) mass is 221 g/mol. The van der Waals surface area contributed by atoms with E-state index in [0.29, 0.717) is 0 Å². The molecule has 16 heavy (non-hydrogen) atoms. The van der Waals surface area contributed by atoms with Crippen molar-refractivity contribution in [3.8, 4) is 0 Å². The summed E-state index contributed by atoms with van der Waals surface area (Å²) in [6.45, 7) is 1.56. The average molecular weight is 221 g/mol. The first-order chi connectivity index (χ1) is 7.62. The summed E-state index contributed by atoms with van der Waals surface area (Å²) in [5.41, 5.74) is 8.15. The first kappa shape index (κ1) is 11.6. The smallest absolute Gasteiger partial charge is 0.122 e. The molecule has 0 aromatic heterocycles. The van der Waals surface area contributed by atoms with Crippen LogP contribution in [0.25, 0.3) is 0 Å². The van der Waals surface area contributed by atoms with Crippen molar-refractivity contribution in [1.82, 2.24) is 0 Å². The molecule has 1 atom stereocenters. The summed E-state index contributed by atoms with van der Waals surface area (Å²) in [6, 6.07) is 7.72. The van der Waals surface area contributed by atoms with E-state index in [-0.39, 0.29) is 5.54 Å². The molecule has 1 unspecified atom stereocenters. The Morgan fingerprint density at radius 2 is 1.69 bits per heavy atom. The Kier molecular flexibility index (Phi) is 3.29. The number of benzene rings is 1. The van der Waals surface area contributed by atoms with Crippen LogP contribution in [-0.4, -0.2) is 0 Å². The number of nitrogens with two attached hydrogens (primary N) is 1. The van der Waals surface area contributed by atoms with Crippen molar-refractivity contribution in [3.05, 3.63) is 35.4 Å². The highest BCUT2D eigenvalue weighted by atomic mass is 19.1. The highest BCUT2D eigenvalue weighted by molar-refractivity contribution is 5.29. The van der Waals surface area contributed by atoms with Crippen molar-refractivity contribution in [1.29, 1.82) is 0 Å². The van der Waals surface area contributed by atoms with Gasteiger partial charge in [-0.2, -0.15) is 0 Å². The van der Waals surface area contributed by atoms with Gasteiger partial charge in [0.05, 0.1) is 0 Å². The number of hydrogen-bond donors (Lipinski definition) is 1. The first-order valence-corrected chi connectivity index (χ1v) is 6.15. The average Bonchev–Trinajstić information content (AvgIpc) is 2.30. The fourth-order valence-corrected chi connectivity index (χ4v) is 2.55. The molecule has 1 aromatic rings. The molecule has 0 amide bonds. The van der Waals surface area contributed by atoms with Gasteiger partial charge in [0.2, 0.25) is 0 Å². The van der Waals surface area contributed by atoms with E-state index in [2.05, 4.69) is 0 Å². The molecule has 2 rings (SSSR count). The van der Waals surface area contributed by atoms with Crippen molar-refractivity contribution in [2.45, 2.75) is 50.7 Å². The van der Waals surface area contributed by atoms with Gasteiger partial charge < -0.3 is 5.73 Å². The van der Waals surface area contributed by atoms with Gasteiger partial charge >= 0.3 is 0 Å². The van der Waals surface area contributed by atoms with Crippen molar-refractivity contribution in [3.63, 3.8) is 0 Å². The lowest BCUT2D eigenvalue weighted by molar-refractivity contribution is 0.302. The van der Waals surface area contributed by atoms with E-state index in [0.717, 1.165) is 24.0 Å². The molecule has 0 radical (unpaired) electrons. The van der Waals surface area contributed by atoms with Crippen LogP contribution in [0.3, 0.4) is 0 Å². The van der Waals surface area contributed by atoms with Crippen LogP contribution < -0.4 is 5.73 Å². The second-order valence-corrected chi connectivity index (χ2v) is 4.95. The van der Waals surface area contributed by atoms with Gasteiger partial charge in [0.25, 0.3) is 0 Å². The molecular formula is C14H20FN. The topological polar surface area (TPSA) is 26.0 Å². The molecule has 0 bridgehead atoms. The van der Waals surface area contributed by atoms with Gasteiger partial charge in [0.1, 0.15) is 6.17 Å². The largest absolute Gasteiger partial charge is 0.321 e. The van der Waals surface area contributed by atoms with Gasteiger partial charge in [-0.25, -0.2) is 4.39 Å². The second-order valence-electron chi connectivity index (χ2n) is 4.95. The Morgan fingerprint density at radius 3 is 2.19 bits per heavy atom. The molecule has 0 aliphatic heterocycles. The lowest BCUT2D eigenvalue weighted by atomic mass is 9.77. The number of halogens is 1. The van der Waals surface area contributed by atoms with E-state index in [4.69, 9.17) is 5.73 Å². The van der Waals surface area contributed by atoms with Crippen LogP contribution in [0.2, 0.25) is 0 Å². The molecule has 1 fully saturated rings. The Morgan fingerprint density at radius 1 is 1.12 bits per heavy atom. The molecular weight excluding hydrogens is 201 g/mol. The summed E-state index contributed by atoms with van der Waals surface area (Å²) in [5.74, 6) is 0. The number of alkyl halides is 1. The number of rotatable bonds is 2. The fraction of sp³-hybridized carbons (Fsp3) is 0.571. The van der Waals surface area contributed by atoms with E-state index in [9.17, 15) is 4.39 Å². The molecule has 1 nitrogen and oxygen atoms in total. The molecule has 2 N–H and O–H groups in total. The summed E-state index contributed by atoms with van der Waals surface area (Å²) < 4.78 is 13.1. The first-order valence-electron chi connectivity index (χ1n) is 6.15. The summed E-state index contributed by atoms with van der Waals surface area (Å²) in [5, 5.41) is 0. The third kappa shape index (κ3) is 2.27. The minimum atomic E-state index is -0.894. The summed E-state index contributed by atoms with van der Waals surface area (Å²) in [6.07, 6.45) is 4.91. The van der Waals surface area contributed by atoms with Gasteiger partial charge in [-0.3, -0.25) is 0 Å². The molecule has 1 aromatic carbocycles. The quantitative estimate of drug-likeness (QED) is 0.806. The minimum absolute atomic E-state index is 0.170. The third-order valence-corrected chi connectivity index (χ3v) is 3.69. The van der Waals surface area contributed by atoms with E-state index in [1.807, 2.05) is 24.3 Å². The van der Waals surface area contributed by atoms with Gasteiger partial charge in [-0.15, -0.1) is 0 Å². The lowest BCUT2D eigenvalue weighted by Gasteiger charge is -2.34. The van der Waals surface area contributed by atoms with Crippen molar-refractivity contribution in [2.75, 3.05) is 0 Å². The molecule has 0 spiro atoms. The molecule has 2 heteroatoms. The maximum Gasteiger partial charge on any atom is 0.122 e. The van der Waals surface area contributed by atoms with Crippen LogP contribution in [0.15, 0.2) is 24.3 Å². The van der Waals surface area contributed by atoms with Crippen molar-refractivity contribution >= 4 is 0 Å². The Bertz CT molecular complexity index is 336. The standard InChI is InChI=1S/C14H20FN/c1-11(15)12-5-7-13(8-6-12)14(16)9-3-2-4-10-14/h5-8,11H,2-4,9-10,16H2,1H3. The van der Waals surface area contributed by atoms with E-state index in [1.165, 1.54) is 19.3 Å². The normalized spacial score (nSPS) is 21.7. The molecule has 1 saturated carbocycles. The highest BCUT2D eigenvalue weighted by Gasteiger charge is 2.29. The van der Waals surface area contributed by atoms with Gasteiger partial charge in [-0.1, -0.05) is 43.5 Å². The van der Waals surface area contributed by atoms with E-state index < -0.39 is 6.17 Å². The van der Waals surface area contributed by atoms with Gasteiger partial charge in [-0.05, 0) is 30.9 Å². The van der Waals surface area contributed by atoms with Crippen molar-refractivity contribution in [2.24, 2.45) is 5.73 Å². The van der Waals surface area contributed by atoms with Crippen LogP contribution in [0.4, 0.5) is 4.39 Å². The Hall–Kier alpha value is -0.890. The van der Waals surface area contributed by atoms with Crippen LogP contribution in [0, 0.1) is 0 Å². The van der Waals surface area contributed by atoms with Crippen LogP contribution in [0.5, 0.6) is 0 Å². The highest BCUT2D eigenvalue weighted by Crippen LogP contribution is 2.35. The Labute approximate surface area is 96.9 Å². The minimum Gasteiger partial charge on any atom is -0.321 e. The van der Waals surface area contributed by atoms with E-state index in [1.54, 1.807) is 6.92 Å². The molecule has 0 saturated heterocycles. The molecule has 88 valence electrons. The zero-order valence-electron chi connectivity index (χ0n) is 9.88. The van der Waals surface area contributed by atoms with Crippen molar-refractivity contribution < 1.29 is 4.39 Å². The predicted molar refractivity (Wildman–Crippen MR) is 64.9 cm³/mol. The second kappa shape index (κ2) is 4.54. The molecule has 1 aliphatic carbocycles. The SMILES string of the molecule is CC(F)c1ccc(C2(N)CCCCC2)cc1. The van der Waals surface area contributed by atoms with Crippen LogP contribution >= 0.6 is 0 Å². The summed E-state index contributed by atoms with van der Waals surface area (Å²) >= 11 is 0. The maximum atomic E-state index is 13.1. The van der Waals surface area contributed by atoms with Crippen LogP contribution in [-0.2, 0) is 5.54 Å². The maximum absolute atomic E-state index is 13.1. The summed E-state index contributed by atoms with van der Waals surface area (Å²) in [4.78, 5) is 0. The lowest BCUT2D eigenvalue weighted by Crippen LogP contribution is -2.38. The fourth-order valence-electron chi connectivity index (χ4n) is 2.55. The van der Waals surface area contributed by atoms with Gasteiger partial charge in [0, 0.05) is 5.54 Å². The zero-order valence-corrected chi connectivity index (χ0v) is 9.88. The number of hydrogen-bond acceptors (Lipinski definition) is 1. The summed E-state index contributed by atoms with van der Waals surface area (Å²) in [7, 11) is 0. The zero-order chi connectivity index (χ0) is 11.6. The van der Waals surface area contributed by atoms with Crippen LogP contribution in [0.1, 0.15) is 56.3 Å². The van der Waals surface area contributed by atoms with Gasteiger partial charge in [0.15, 0.2) is 0 Å². The molecule has 1 aliphatic rings.